The van der Waals surface area contributed by atoms with Gasteiger partial charge in [-0.2, -0.15) is 5.10 Å². The average Bonchev–Trinajstić information content (AvgIpc) is 3.38. The molecule has 4 N–H and O–H groups in total. The maximum atomic E-state index is 12.6. The first-order valence-electron chi connectivity index (χ1n) is 9.89. The van der Waals surface area contributed by atoms with Crippen LogP contribution in [0.15, 0.2) is 58.2 Å². The molecule has 0 bridgehead atoms. The van der Waals surface area contributed by atoms with Gasteiger partial charge in [-0.25, -0.2) is 4.68 Å². The van der Waals surface area contributed by atoms with Gasteiger partial charge in [0.15, 0.2) is 0 Å². The first-order chi connectivity index (χ1) is 15.3. The number of carbonyl (C=O) groups excluding carboxylic acids is 1. The molecule has 0 radical (unpaired) electrons. The van der Waals surface area contributed by atoms with E-state index in [2.05, 4.69) is 41.6 Å². The molecule has 4 rings (SSSR count). The van der Waals surface area contributed by atoms with E-state index in [4.69, 9.17) is 5.84 Å². The Morgan fingerprint density at radius 3 is 2.62 bits per heavy atom. The lowest BCUT2D eigenvalue weighted by atomic mass is 10.1. The number of hydrogen-bond acceptors (Lipinski definition) is 6. The number of aryl methyl sites for hydroxylation is 2. The molecule has 2 aromatic carbocycles. The van der Waals surface area contributed by atoms with Crippen LogP contribution in [0.25, 0.3) is 22.8 Å². The number of H-pyrrole nitrogens is 1. The Morgan fingerprint density at radius 2 is 1.91 bits per heavy atom. The van der Waals surface area contributed by atoms with Gasteiger partial charge in [0.05, 0.1) is 10.9 Å². The summed E-state index contributed by atoms with van der Waals surface area (Å²) in [5.41, 5.74) is 5.38. The van der Waals surface area contributed by atoms with Gasteiger partial charge in [0.1, 0.15) is 5.69 Å². The molecular weight excluding hydrogens is 490 g/mol. The van der Waals surface area contributed by atoms with Gasteiger partial charge in [-0.3, -0.25) is 9.89 Å². The van der Waals surface area contributed by atoms with Gasteiger partial charge in [0.25, 0.3) is 0 Å². The lowest BCUT2D eigenvalue weighted by Crippen LogP contribution is -2.23. The van der Waals surface area contributed by atoms with Crippen LogP contribution in [-0.2, 0) is 4.79 Å². The maximum absolute atomic E-state index is 12.6. The summed E-state index contributed by atoms with van der Waals surface area (Å²) in [5.74, 6) is 6.52. The number of thioether (sulfide) groups is 1. The Labute approximate surface area is 198 Å². The summed E-state index contributed by atoms with van der Waals surface area (Å²) in [4.78, 5) is 12.6. The summed E-state index contributed by atoms with van der Waals surface area (Å²) < 4.78 is 2.36. The van der Waals surface area contributed by atoms with E-state index in [0.717, 1.165) is 27.0 Å². The molecule has 0 aliphatic heterocycles. The van der Waals surface area contributed by atoms with Crippen LogP contribution in [0.2, 0.25) is 0 Å². The number of aromatic amines is 1. The second-order valence-corrected chi connectivity index (χ2v) is 9.58. The average molecular weight is 512 g/mol. The van der Waals surface area contributed by atoms with E-state index in [-0.39, 0.29) is 5.91 Å². The number of benzene rings is 2. The monoisotopic (exact) mass is 511 g/mol. The number of amides is 1. The molecule has 4 aromatic rings. The fourth-order valence-electron chi connectivity index (χ4n) is 3.03. The third kappa shape index (κ3) is 4.71. The number of anilines is 1. The molecular formula is C22H22BrN7OS. The minimum absolute atomic E-state index is 0.149. The second-order valence-electron chi connectivity index (χ2n) is 7.42. The van der Waals surface area contributed by atoms with Crippen LogP contribution in [0.3, 0.4) is 0 Å². The molecule has 1 atom stereocenters. The van der Waals surface area contributed by atoms with Crippen LogP contribution in [0.4, 0.5) is 5.69 Å². The van der Waals surface area contributed by atoms with Crippen molar-refractivity contribution in [1.82, 2.24) is 25.1 Å². The highest BCUT2D eigenvalue weighted by Crippen LogP contribution is 2.27. The highest BCUT2D eigenvalue weighted by atomic mass is 79.9. The third-order valence-corrected chi connectivity index (χ3v) is 6.85. The third-order valence-electron chi connectivity index (χ3n) is 4.91. The van der Waals surface area contributed by atoms with E-state index in [1.165, 1.54) is 22.0 Å². The van der Waals surface area contributed by atoms with Gasteiger partial charge in [-0.15, -0.1) is 10.2 Å². The number of nitrogens with one attached hydrogen (secondary N) is 2. The van der Waals surface area contributed by atoms with Crippen LogP contribution in [0, 0.1) is 13.8 Å². The first-order valence-corrected chi connectivity index (χ1v) is 11.6. The molecule has 8 nitrogen and oxygen atoms in total. The van der Waals surface area contributed by atoms with Gasteiger partial charge in [-0.1, -0.05) is 57.5 Å². The number of rotatable bonds is 6. The van der Waals surface area contributed by atoms with E-state index in [1.54, 1.807) is 6.92 Å². The summed E-state index contributed by atoms with van der Waals surface area (Å²) in [6.07, 6.45) is 0. The normalized spacial score (nSPS) is 12.0. The number of nitrogen functional groups attached to an aromatic ring is 1. The van der Waals surface area contributed by atoms with Crippen LogP contribution in [0.1, 0.15) is 18.1 Å². The lowest BCUT2D eigenvalue weighted by Gasteiger charge is -2.12. The zero-order valence-electron chi connectivity index (χ0n) is 17.8. The molecule has 164 valence electrons. The number of hydrogen-bond donors (Lipinski definition) is 3. The van der Waals surface area contributed by atoms with E-state index in [1.807, 2.05) is 62.4 Å². The second kappa shape index (κ2) is 9.17. The molecule has 2 heterocycles. The first kappa shape index (κ1) is 22.1. The summed E-state index contributed by atoms with van der Waals surface area (Å²) in [7, 11) is 0. The highest BCUT2D eigenvalue weighted by Gasteiger charge is 2.21. The molecule has 0 aliphatic rings. The van der Waals surface area contributed by atoms with Crippen molar-refractivity contribution in [3.63, 3.8) is 0 Å². The summed E-state index contributed by atoms with van der Waals surface area (Å²) >= 11 is 4.69. The number of halogens is 1. The Balaban J connectivity index is 1.46. The van der Waals surface area contributed by atoms with Crippen LogP contribution in [0.5, 0.6) is 0 Å². The topological polar surface area (TPSA) is 115 Å². The molecule has 0 saturated heterocycles. The molecule has 0 fully saturated rings. The van der Waals surface area contributed by atoms with E-state index >= 15 is 0 Å². The van der Waals surface area contributed by atoms with Crippen molar-refractivity contribution in [1.29, 1.82) is 0 Å². The standard InChI is InChI=1S/C22H22BrN7OS/c1-12-4-6-15(7-5-12)18-11-19(27-26-18)20-28-29-22(30(20)24)32-14(3)21(31)25-16-8-9-17(23)13(2)10-16/h4-11,14H,24H2,1-3H3,(H,25,31)(H,26,27). The van der Waals surface area contributed by atoms with Gasteiger partial charge in [0, 0.05) is 15.7 Å². The van der Waals surface area contributed by atoms with Crippen molar-refractivity contribution < 1.29 is 4.79 Å². The molecule has 2 aromatic heterocycles. The molecule has 0 aliphatic carbocycles. The highest BCUT2D eigenvalue weighted by molar-refractivity contribution is 9.10. The zero-order chi connectivity index (χ0) is 22.8. The van der Waals surface area contributed by atoms with Crippen molar-refractivity contribution in [2.45, 2.75) is 31.2 Å². The largest absolute Gasteiger partial charge is 0.335 e. The van der Waals surface area contributed by atoms with Gasteiger partial charge in [-0.05, 0) is 50.6 Å². The quantitative estimate of drug-likeness (QED) is 0.258. The fraction of sp³-hybridized carbons (Fsp3) is 0.182. The summed E-state index contributed by atoms with van der Waals surface area (Å²) in [5, 5.41) is 18.6. The van der Waals surface area contributed by atoms with E-state index < -0.39 is 5.25 Å². The van der Waals surface area contributed by atoms with Crippen LogP contribution >= 0.6 is 27.7 Å². The number of nitrogens with two attached hydrogens (primary N) is 1. The summed E-state index contributed by atoms with van der Waals surface area (Å²) in [6, 6.07) is 15.6. The number of nitrogens with zero attached hydrogens (tertiary/aromatic N) is 4. The molecule has 1 unspecified atom stereocenters. The van der Waals surface area contributed by atoms with Crippen molar-refractivity contribution in [2.24, 2.45) is 0 Å². The van der Waals surface area contributed by atoms with Gasteiger partial charge in [0.2, 0.25) is 16.9 Å². The minimum Gasteiger partial charge on any atom is -0.335 e. The van der Waals surface area contributed by atoms with Crippen molar-refractivity contribution in [2.75, 3.05) is 11.2 Å². The Bertz CT molecular complexity index is 1270. The van der Waals surface area contributed by atoms with E-state index in [0.29, 0.717) is 16.7 Å². The van der Waals surface area contributed by atoms with Crippen molar-refractivity contribution in [3.8, 4) is 22.8 Å². The van der Waals surface area contributed by atoms with Crippen molar-refractivity contribution >= 4 is 39.3 Å². The van der Waals surface area contributed by atoms with Crippen LogP contribution in [-0.4, -0.2) is 36.2 Å². The zero-order valence-corrected chi connectivity index (χ0v) is 20.2. The smallest absolute Gasteiger partial charge is 0.237 e. The van der Waals surface area contributed by atoms with E-state index in [9.17, 15) is 4.79 Å². The molecule has 1 amide bonds. The predicted octanol–water partition coefficient (Wildman–Crippen LogP) is 4.55. The SMILES string of the molecule is Cc1ccc(-c2cc(-c3nnc(SC(C)C(=O)Nc4ccc(Br)c(C)c4)n3N)[nH]n2)cc1. The minimum atomic E-state index is -0.428. The number of carbonyl (C=O) groups is 1. The Kier molecular flexibility index (Phi) is 6.33. The molecule has 0 spiro atoms. The molecule has 32 heavy (non-hydrogen) atoms. The van der Waals surface area contributed by atoms with Crippen molar-refractivity contribution in [3.05, 3.63) is 64.1 Å². The number of aromatic nitrogens is 5. The Hall–Kier alpha value is -3.11. The lowest BCUT2D eigenvalue weighted by molar-refractivity contribution is -0.115. The maximum Gasteiger partial charge on any atom is 0.237 e. The molecule has 0 saturated carbocycles. The van der Waals surface area contributed by atoms with Crippen LogP contribution < -0.4 is 11.2 Å². The molecule has 10 heteroatoms. The summed E-state index contributed by atoms with van der Waals surface area (Å²) in [6.45, 7) is 5.80. The Morgan fingerprint density at radius 1 is 1.16 bits per heavy atom. The fourth-order valence-corrected chi connectivity index (χ4v) is 4.04. The predicted molar refractivity (Wildman–Crippen MR) is 131 cm³/mol. The van der Waals surface area contributed by atoms with Gasteiger partial charge < -0.3 is 11.2 Å². The van der Waals surface area contributed by atoms with Gasteiger partial charge >= 0.3 is 0 Å².